The molecule has 0 heterocycles. The van der Waals surface area contributed by atoms with Crippen molar-refractivity contribution in [3.05, 3.63) is 0 Å². The maximum Gasteiger partial charge on any atom is 0.306 e. The van der Waals surface area contributed by atoms with Crippen LogP contribution in [0.1, 0.15) is 137 Å². The summed E-state index contributed by atoms with van der Waals surface area (Å²) < 4.78 is 0. The summed E-state index contributed by atoms with van der Waals surface area (Å²) in [5, 5.41) is 9.76. The van der Waals surface area contributed by atoms with E-state index in [1.807, 2.05) is 0 Å². The second-order valence-corrected chi connectivity index (χ2v) is 9.75. The van der Waals surface area contributed by atoms with Crippen LogP contribution in [0.2, 0.25) is 0 Å². The Bertz CT molecular complexity index is 350. The first-order valence-electron chi connectivity index (χ1n) is 12.6. The van der Waals surface area contributed by atoms with E-state index in [1.54, 1.807) is 0 Å². The average molecular weight is 397 g/mol. The number of aliphatic carboxylic acids is 1. The van der Waals surface area contributed by atoms with Gasteiger partial charge in [-0.15, -0.1) is 0 Å². The molecule has 0 spiro atoms. The molecule has 0 radical (unpaired) electrons. The fourth-order valence-corrected chi connectivity index (χ4v) is 4.50. The van der Waals surface area contributed by atoms with E-state index in [0.29, 0.717) is 11.8 Å². The van der Waals surface area contributed by atoms with Gasteiger partial charge in [0.25, 0.3) is 0 Å². The van der Waals surface area contributed by atoms with Crippen LogP contribution in [0.25, 0.3) is 0 Å². The molecule has 0 aliphatic heterocycles. The van der Waals surface area contributed by atoms with Crippen LogP contribution in [0.5, 0.6) is 0 Å². The van der Waals surface area contributed by atoms with E-state index >= 15 is 0 Å². The molecule has 0 bridgehead atoms. The highest BCUT2D eigenvalue weighted by atomic mass is 16.4. The van der Waals surface area contributed by atoms with Gasteiger partial charge in [0, 0.05) is 0 Å². The molecular weight excluding hydrogens is 344 g/mol. The fraction of sp³-hybridized carbons (Fsp3) is 0.962. The van der Waals surface area contributed by atoms with Crippen LogP contribution in [-0.2, 0) is 4.79 Å². The number of carboxylic acids is 1. The fourth-order valence-electron chi connectivity index (χ4n) is 4.50. The summed E-state index contributed by atoms with van der Waals surface area (Å²) in [7, 11) is 0. The second kappa shape index (κ2) is 18.5. The number of hydrogen-bond acceptors (Lipinski definition) is 1. The molecule has 0 aromatic carbocycles. The largest absolute Gasteiger partial charge is 0.481 e. The third-order valence-corrected chi connectivity index (χ3v) is 6.45. The van der Waals surface area contributed by atoms with Gasteiger partial charge >= 0.3 is 5.97 Å². The van der Waals surface area contributed by atoms with Gasteiger partial charge in [0.1, 0.15) is 0 Å². The van der Waals surface area contributed by atoms with Crippen molar-refractivity contribution in [1.29, 1.82) is 0 Å². The summed E-state index contributed by atoms with van der Waals surface area (Å²) in [6, 6.07) is 0. The Kier molecular flexibility index (Phi) is 18.1. The van der Waals surface area contributed by atoms with E-state index < -0.39 is 5.97 Å². The Morgan fingerprint density at radius 2 is 1.21 bits per heavy atom. The lowest BCUT2D eigenvalue weighted by Crippen LogP contribution is -2.25. The number of rotatable bonds is 20. The molecule has 0 saturated carbocycles. The lowest BCUT2D eigenvalue weighted by atomic mass is 9.80. The smallest absolute Gasteiger partial charge is 0.306 e. The summed E-state index contributed by atoms with van der Waals surface area (Å²) in [5.74, 6) is 1.06. The van der Waals surface area contributed by atoms with Crippen molar-refractivity contribution in [3.8, 4) is 0 Å². The van der Waals surface area contributed by atoms with Crippen molar-refractivity contribution >= 4 is 5.97 Å². The topological polar surface area (TPSA) is 37.3 Å². The van der Waals surface area contributed by atoms with Crippen molar-refractivity contribution < 1.29 is 9.90 Å². The molecule has 0 rings (SSSR count). The first kappa shape index (κ1) is 27.5. The van der Waals surface area contributed by atoms with Crippen LogP contribution in [0.3, 0.4) is 0 Å². The quantitative estimate of drug-likeness (QED) is 0.209. The van der Waals surface area contributed by atoms with E-state index in [1.165, 1.54) is 89.9 Å². The van der Waals surface area contributed by atoms with E-state index in [9.17, 15) is 9.90 Å². The van der Waals surface area contributed by atoms with Crippen molar-refractivity contribution in [2.45, 2.75) is 137 Å². The summed E-state index contributed by atoms with van der Waals surface area (Å²) >= 11 is 0. The first-order chi connectivity index (χ1) is 13.4. The summed E-state index contributed by atoms with van der Waals surface area (Å²) in [4.78, 5) is 11.9. The highest BCUT2D eigenvalue weighted by molar-refractivity contribution is 5.70. The van der Waals surface area contributed by atoms with Gasteiger partial charge in [0.2, 0.25) is 0 Å². The molecular formula is C26H52O2. The predicted molar refractivity (Wildman–Crippen MR) is 124 cm³/mol. The molecule has 2 nitrogen and oxygen atoms in total. The Morgan fingerprint density at radius 1 is 0.679 bits per heavy atom. The minimum Gasteiger partial charge on any atom is -0.481 e. The normalized spacial score (nSPS) is 14.9. The van der Waals surface area contributed by atoms with Gasteiger partial charge in [0.05, 0.1) is 5.92 Å². The Morgan fingerprint density at radius 3 is 1.68 bits per heavy atom. The maximum atomic E-state index is 11.9. The van der Waals surface area contributed by atoms with Crippen LogP contribution in [0.4, 0.5) is 0 Å². The lowest BCUT2D eigenvalue weighted by molar-refractivity contribution is -0.144. The molecule has 0 aliphatic rings. The molecule has 3 unspecified atom stereocenters. The lowest BCUT2D eigenvalue weighted by Gasteiger charge is -2.25. The molecule has 168 valence electrons. The highest BCUT2D eigenvalue weighted by Crippen LogP contribution is 2.30. The zero-order valence-electron chi connectivity index (χ0n) is 20.0. The van der Waals surface area contributed by atoms with Crippen LogP contribution in [-0.4, -0.2) is 11.1 Å². The molecule has 0 aliphatic carbocycles. The zero-order valence-corrected chi connectivity index (χ0v) is 20.0. The van der Waals surface area contributed by atoms with Gasteiger partial charge < -0.3 is 5.11 Å². The zero-order chi connectivity index (χ0) is 21.2. The first-order valence-corrected chi connectivity index (χ1v) is 12.6. The average Bonchev–Trinajstić information content (AvgIpc) is 2.64. The van der Waals surface area contributed by atoms with Gasteiger partial charge in [-0.05, 0) is 30.6 Å². The number of unbranched alkanes of at least 4 members (excludes halogenated alkanes) is 8. The van der Waals surface area contributed by atoms with Gasteiger partial charge in [-0.3, -0.25) is 4.79 Å². The molecule has 3 atom stereocenters. The number of hydrogen-bond donors (Lipinski definition) is 1. The maximum absolute atomic E-state index is 11.9. The van der Waals surface area contributed by atoms with Crippen molar-refractivity contribution in [1.82, 2.24) is 0 Å². The SMILES string of the molecule is CCCCC(CCC)CC(C(=O)O)C(C)CCCCCCCCCCC(C)C. The molecule has 0 amide bonds. The van der Waals surface area contributed by atoms with E-state index in [0.717, 1.165) is 18.8 Å². The van der Waals surface area contributed by atoms with Gasteiger partial charge in [0.15, 0.2) is 0 Å². The van der Waals surface area contributed by atoms with Gasteiger partial charge in [-0.2, -0.15) is 0 Å². The Hall–Kier alpha value is -0.530. The van der Waals surface area contributed by atoms with E-state index in [2.05, 4.69) is 34.6 Å². The monoisotopic (exact) mass is 396 g/mol. The standard InChI is InChI=1S/C26H52O2/c1-6-8-20-24(17-7-2)21-25(26(27)28)23(5)19-16-14-12-10-9-11-13-15-18-22(3)4/h22-25H,6-21H2,1-5H3,(H,27,28). The third kappa shape index (κ3) is 15.4. The van der Waals surface area contributed by atoms with E-state index in [4.69, 9.17) is 0 Å². The van der Waals surface area contributed by atoms with Crippen molar-refractivity contribution in [2.24, 2.45) is 23.7 Å². The predicted octanol–water partition coefficient (Wildman–Crippen LogP) is 8.88. The molecule has 0 fully saturated rings. The summed E-state index contributed by atoms with van der Waals surface area (Å²) in [6.07, 6.45) is 20.1. The molecule has 1 N–H and O–H groups in total. The van der Waals surface area contributed by atoms with Crippen molar-refractivity contribution in [3.63, 3.8) is 0 Å². The number of carbonyl (C=O) groups is 1. The van der Waals surface area contributed by atoms with Gasteiger partial charge in [-0.1, -0.05) is 125 Å². The van der Waals surface area contributed by atoms with Crippen LogP contribution >= 0.6 is 0 Å². The molecule has 0 saturated heterocycles. The minimum atomic E-state index is -0.563. The Labute approximate surface area is 177 Å². The van der Waals surface area contributed by atoms with Crippen LogP contribution in [0.15, 0.2) is 0 Å². The minimum absolute atomic E-state index is 0.144. The van der Waals surface area contributed by atoms with E-state index in [-0.39, 0.29) is 5.92 Å². The Balaban J connectivity index is 3.97. The van der Waals surface area contributed by atoms with Crippen molar-refractivity contribution in [2.75, 3.05) is 0 Å². The third-order valence-electron chi connectivity index (χ3n) is 6.45. The van der Waals surface area contributed by atoms with Gasteiger partial charge in [-0.25, -0.2) is 0 Å². The highest BCUT2D eigenvalue weighted by Gasteiger charge is 2.27. The number of carboxylic acid groups (broad SMARTS) is 1. The second-order valence-electron chi connectivity index (χ2n) is 9.75. The molecule has 0 aromatic heterocycles. The summed E-state index contributed by atoms with van der Waals surface area (Å²) in [6.45, 7) is 11.3. The van der Waals surface area contributed by atoms with Crippen LogP contribution < -0.4 is 0 Å². The molecule has 28 heavy (non-hydrogen) atoms. The molecule has 0 aromatic rings. The summed E-state index contributed by atoms with van der Waals surface area (Å²) in [5.41, 5.74) is 0. The molecule has 2 heteroatoms. The van der Waals surface area contributed by atoms with Crippen LogP contribution in [0, 0.1) is 23.7 Å².